The van der Waals surface area contributed by atoms with Gasteiger partial charge < -0.3 is 9.40 Å². The Balaban J connectivity index is 1.93. The number of rotatable bonds is 3. The summed E-state index contributed by atoms with van der Waals surface area (Å²) in [5.74, 6) is 0.570. The molecule has 1 unspecified atom stereocenters. The third-order valence-electron chi connectivity index (χ3n) is 2.77. The third kappa shape index (κ3) is 2.48. The summed E-state index contributed by atoms with van der Waals surface area (Å²) in [5.41, 5.74) is 1.20. The molecule has 0 radical (unpaired) electrons. The van der Waals surface area contributed by atoms with Crippen LogP contribution < -0.4 is 5.56 Å². The van der Waals surface area contributed by atoms with Gasteiger partial charge in [0.25, 0.3) is 0 Å². The molecule has 0 saturated heterocycles. The lowest BCUT2D eigenvalue weighted by Gasteiger charge is -2.03. The number of hydrogen-bond acceptors (Lipinski definition) is 4. The van der Waals surface area contributed by atoms with Gasteiger partial charge >= 0.3 is 0 Å². The minimum absolute atomic E-state index is 0.229. The fraction of sp³-hybridized carbons (Fsp3) is 0.0714. The molecule has 0 fully saturated rings. The maximum atomic E-state index is 11.3. The van der Waals surface area contributed by atoms with Crippen LogP contribution >= 0.6 is 11.6 Å². The van der Waals surface area contributed by atoms with Crippen molar-refractivity contribution in [1.29, 1.82) is 0 Å². The van der Waals surface area contributed by atoms with Gasteiger partial charge in [-0.25, -0.2) is 0 Å². The van der Waals surface area contributed by atoms with Gasteiger partial charge in [-0.15, -0.1) is 21.8 Å². The Morgan fingerprint density at radius 3 is 2.70 bits per heavy atom. The van der Waals surface area contributed by atoms with Gasteiger partial charge in [0.15, 0.2) is 0 Å². The van der Waals surface area contributed by atoms with Gasteiger partial charge in [-0.2, -0.15) is 0 Å². The van der Waals surface area contributed by atoms with E-state index >= 15 is 0 Å². The second-order valence-corrected chi connectivity index (χ2v) is 4.60. The number of nitrogens with one attached hydrogen (secondary N) is 1. The second kappa shape index (κ2) is 5.30. The topological polar surface area (TPSA) is 71.8 Å². The molecule has 20 heavy (non-hydrogen) atoms. The van der Waals surface area contributed by atoms with E-state index in [0.29, 0.717) is 11.5 Å². The van der Waals surface area contributed by atoms with Gasteiger partial charge in [0.05, 0.1) is 0 Å². The van der Waals surface area contributed by atoms with Crippen molar-refractivity contribution in [3.05, 3.63) is 70.5 Å². The van der Waals surface area contributed by atoms with Gasteiger partial charge in [-0.1, -0.05) is 30.3 Å². The number of alkyl halides is 1. The zero-order valence-electron chi connectivity index (χ0n) is 10.3. The molecule has 3 rings (SSSR count). The molecule has 0 aliphatic heterocycles. The SMILES string of the molecule is O=c1cc(-c2nnc(C(Cl)c3ccccc3)o2)cc[nH]1. The molecule has 0 aliphatic rings. The fourth-order valence-electron chi connectivity index (χ4n) is 1.80. The van der Waals surface area contributed by atoms with Crippen molar-refractivity contribution in [2.75, 3.05) is 0 Å². The zero-order valence-corrected chi connectivity index (χ0v) is 11.0. The molecule has 0 amide bonds. The minimum Gasteiger partial charge on any atom is -0.419 e. The first-order chi connectivity index (χ1) is 9.74. The lowest BCUT2D eigenvalue weighted by atomic mass is 10.1. The summed E-state index contributed by atoms with van der Waals surface area (Å²) in [7, 11) is 0. The molecule has 6 heteroatoms. The first kappa shape index (κ1) is 12.6. The van der Waals surface area contributed by atoms with Crippen LogP contribution in [0.25, 0.3) is 11.5 Å². The Bertz CT molecular complexity index is 767. The van der Waals surface area contributed by atoms with Crippen LogP contribution in [0.3, 0.4) is 0 Å². The van der Waals surface area contributed by atoms with Gasteiger partial charge in [0.2, 0.25) is 17.3 Å². The monoisotopic (exact) mass is 287 g/mol. The predicted molar refractivity (Wildman–Crippen MR) is 74.5 cm³/mol. The number of halogens is 1. The average molecular weight is 288 g/mol. The quantitative estimate of drug-likeness (QED) is 0.752. The van der Waals surface area contributed by atoms with Gasteiger partial charge in [-0.3, -0.25) is 4.79 Å². The predicted octanol–water partition coefficient (Wildman–Crippen LogP) is 2.75. The molecule has 3 aromatic rings. The highest BCUT2D eigenvalue weighted by Gasteiger charge is 2.18. The van der Waals surface area contributed by atoms with Crippen molar-refractivity contribution < 1.29 is 4.42 Å². The lowest BCUT2D eigenvalue weighted by molar-refractivity contribution is 0.513. The van der Waals surface area contributed by atoms with Gasteiger partial charge in [0.1, 0.15) is 5.38 Å². The van der Waals surface area contributed by atoms with Gasteiger partial charge in [-0.05, 0) is 11.6 Å². The van der Waals surface area contributed by atoms with Crippen molar-refractivity contribution in [1.82, 2.24) is 15.2 Å². The number of H-pyrrole nitrogens is 1. The molecule has 2 aromatic heterocycles. The highest BCUT2D eigenvalue weighted by molar-refractivity contribution is 6.22. The van der Waals surface area contributed by atoms with E-state index in [4.69, 9.17) is 16.0 Å². The van der Waals surface area contributed by atoms with Gasteiger partial charge in [0, 0.05) is 17.8 Å². The van der Waals surface area contributed by atoms with E-state index in [2.05, 4.69) is 15.2 Å². The maximum Gasteiger partial charge on any atom is 0.248 e. The Morgan fingerprint density at radius 2 is 1.95 bits per heavy atom. The van der Waals surface area contributed by atoms with Crippen molar-refractivity contribution in [3.63, 3.8) is 0 Å². The molecular formula is C14H10ClN3O2. The number of nitrogens with zero attached hydrogens (tertiary/aromatic N) is 2. The second-order valence-electron chi connectivity index (χ2n) is 4.16. The molecular weight excluding hydrogens is 278 g/mol. The van der Waals surface area contributed by atoms with Crippen LogP contribution in [0.15, 0.2) is 57.9 Å². The summed E-state index contributed by atoms with van der Waals surface area (Å²) in [4.78, 5) is 13.8. The molecule has 1 aromatic carbocycles. The summed E-state index contributed by atoms with van der Waals surface area (Å²) < 4.78 is 5.53. The van der Waals surface area contributed by atoms with Crippen LogP contribution in [-0.4, -0.2) is 15.2 Å². The zero-order chi connectivity index (χ0) is 13.9. The number of benzene rings is 1. The van der Waals surface area contributed by atoms with E-state index in [1.165, 1.54) is 12.3 Å². The van der Waals surface area contributed by atoms with Crippen molar-refractivity contribution in [2.24, 2.45) is 0 Å². The Hall–Kier alpha value is -2.40. The van der Waals surface area contributed by atoms with Crippen LogP contribution in [0, 0.1) is 0 Å². The summed E-state index contributed by atoms with van der Waals surface area (Å²) in [6.07, 6.45) is 1.52. The molecule has 0 aliphatic carbocycles. The summed E-state index contributed by atoms with van der Waals surface area (Å²) >= 11 is 6.30. The van der Waals surface area contributed by atoms with Crippen molar-refractivity contribution in [3.8, 4) is 11.5 Å². The first-order valence-electron chi connectivity index (χ1n) is 5.95. The Kier molecular flexibility index (Phi) is 3.35. The molecule has 1 atom stereocenters. The molecule has 1 N–H and O–H groups in total. The van der Waals surface area contributed by atoms with E-state index in [-0.39, 0.29) is 11.4 Å². The van der Waals surface area contributed by atoms with Crippen LogP contribution in [0.2, 0.25) is 0 Å². The molecule has 5 nitrogen and oxygen atoms in total. The molecule has 2 heterocycles. The largest absolute Gasteiger partial charge is 0.419 e. The van der Waals surface area contributed by atoms with E-state index in [1.807, 2.05) is 30.3 Å². The fourth-order valence-corrected chi connectivity index (χ4v) is 2.03. The number of aromatic amines is 1. The van der Waals surface area contributed by atoms with E-state index in [1.54, 1.807) is 6.07 Å². The summed E-state index contributed by atoms with van der Waals surface area (Å²) in [6.45, 7) is 0. The highest BCUT2D eigenvalue weighted by atomic mass is 35.5. The third-order valence-corrected chi connectivity index (χ3v) is 3.21. The lowest BCUT2D eigenvalue weighted by Crippen LogP contribution is -2.01. The van der Waals surface area contributed by atoms with Crippen LogP contribution in [0.5, 0.6) is 0 Å². The van der Waals surface area contributed by atoms with Crippen LogP contribution in [-0.2, 0) is 0 Å². The molecule has 0 bridgehead atoms. The Morgan fingerprint density at radius 1 is 1.15 bits per heavy atom. The van der Waals surface area contributed by atoms with Crippen LogP contribution in [0.4, 0.5) is 0 Å². The number of aromatic nitrogens is 3. The maximum absolute atomic E-state index is 11.3. The number of hydrogen-bond donors (Lipinski definition) is 1. The van der Waals surface area contributed by atoms with E-state index in [9.17, 15) is 4.79 Å². The highest BCUT2D eigenvalue weighted by Crippen LogP contribution is 2.29. The van der Waals surface area contributed by atoms with E-state index < -0.39 is 5.38 Å². The minimum atomic E-state index is -0.514. The normalized spacial score (nSPS) is 12.2. The summed E-state index contributed by atoms with van der Waals surface area (Å²) in [5, 5.41) is 7.34. The molecule has 0 spiro atoms. The average Bonchev–Trinajstić information content (AvgIpc) is 2.97. The Labute approximate surface area is 119 Å². The molecule has 100 valence electrons. The van der Waals surface area contributed by atoms with Crippen LogP contribution in [0.1, 0.15) is 16.8 Å². The standard InChI is InChI=1S/C14H10ClN3O2/c15-12(9-4-2-1-3-5-9)14-18-17-13(20-14)10-6-7-16-11(19)8-10/h1-8,12H,(H,16,19). The number of pyridine rings is 1. The van der Waals surface area contributed by atoms with Crippen molar-refractivity contribution in [2.45, 2.75) is 5.38 Å². The van der Waals surface area contributed by atoms with Crippen molar-refractivity contribution >= 4 is 11.6 Å². The molecule has 0 saturated carbocycles. The summed E-state index contributed by atoms with van der Waals surface area (Å²) in [6, 6.07) is 12.5. The first-order valence-corrected chi connectivity index (χ1v) is 6.39. The van der Waals surface area contributed by atoms with E-state index in [0.717, 1.165) is 5.56 Å². The smallest absolute Gasteiger partial charge is 0.248 e.